The van der Waals surface area contributed by atoms with Crippen LogP contribution < -0.4 is 5.73 Å². The van der Waals surface area contributed by atoms with Gasteiger partial charge in [-0.3, -0.25) is 9.59 Å². The Hall–Kier alpha value is -1.10. The Morgan fingerprint density at radius 2 is 2.00 bits per heavy atom. The van der Waals surface area contributed by atoms with Gasteiger partial charge in [-0.2, -0.15) is 0 Å². The maximum atomic E-state index is 12.2. The largest absolute Gasteiger partial charge is 0.481 e. The summed E-state index contributed by atoms with van der Waals surface area (Å²) in [4.78, 5) is 24.6. The van der Waals surface area contributed by atoms with Crippen LogP contribution in [0.2, 0.25) is 0 Å². The lowest BCUT2D eigenvalue weighted by Gasteiger charge is -2.33. The minimum atomic E-state index is -0.728. The van der Waals surface area contributed by atoms with Gasteiger partial charge in [0.15, 0.2) is 0 Å². The number of piperidine rings is 1. The number of carboxylic acid groups (broad SMARTS) is 1. The van der Waals surface area contributed by atoms with Gasteiger partial charge in [-0.15, -0.1) is 0 Å². The first-order valence-electron chi connectivity index (χ1n) is 7.25. The molecule has 1 rings (SSSR count). The Kier molecular flexibility index (Phi) is 6.84. The molecule has 19 heavy (non-hydrogen) atoms. The van der Waals surface area contributed by atoms with E-state index in [9.17, 15) is 9.59 Å². The van der Waals surface area contributed by atoms with Crippen LogP contribution in [0.15, 0.2) is 0 Å². The van der Waals surface area contributed by atoms with Gasteiger partial charge in [0.05, 0.1) is 0 Å². The van der Waals surface area contributed by atoms with Crippen molar-refractivity contribution in [2.24, 2.45) is 17.6 Å². The monoisotopic (exact) mass is 270 g/mol. The van der Waals surface area contributed by atoms with Gasteiger partial charge < -0.3 is 15.7 Å². The Morgan fingerprint density at radius 3 is 2.53 bits per heavy atom. The summed E-state index contributed by atoms with van der Waals surface area (Å²) in [5.74, 6) is 0.0117. The molecule has 1 saturated heterocycles. The predicted octanol–water partition coefficient (Wildman–Crippen LogP) is 1.46. The van der Waals surface area contributed by atoms with Gasteiger partial charge in [0.1, 0.15) is 0 Å². The fourth-order valence-electron chi connectivity index (χ4n) is 2.63. The minimum Gasteiger partial charge on any atom is -0.481 e. The van der Waals surface area contributed by atoms with Gasteiger partial charge >= 0.3 is 5.97 Å². The van der Waals surface area contributed by atoms with Crippen LogP contribution in [-0.2, 0) is 9.59 Å². The molecule has 1 heterocycles. The Balaban J connectivity index is 2.28. The number of hydrogen-bond donors (Lipinski definition) is 2. The second-order valence-corrected chi connectivity index (χ2v) is 5.53. The molecule has 5 heteroatoms. The van der Waals surface area contributed by atoms with Crippen LogP contribution in [0.3, 0.4) is 0 Å². The Morgan fingerprint density at radius 1 is 1.37 bits per heavy atom. The normalized spacial score (nSPS) is 18.3. The van der Waals surface area contributed by atoms with E-state index < -0.39 is 5.97 Å². The highest BCUT2D eigenvalue weighted by molar-refractivity contribution is 5.78. The van der Waals surface area contributed by atoms with Crippen molar-refractivity contribution < 1.29 is 14.7 Å². The molecule has 0 saturated carbocycles. The van der Waals surface area contributed by atoms with Crippen molar-refractivity contribution in [3.8, 4) is 0 Å². The summed E-state index contributed by atoms with van der Waals surface area (Å²) >= 11 is 0. The molecule has 0 aliphatic carbocycles. The molecular weight excluding hydrogens is 244 g/mol. The summed E-state index contributed by atoms with van der Waals surface area (Å²) < 4.78 is 0. The second kappa shape index (κ2) is 8.15. The lowest BCUT2D eigenvalue weighted by molar-refractivity contribution is -0.139. The van der Waals surface area contributed by atoms with Gasteiger partial charge in [-0.05, 0) is 44.6 Å². The van der Waals surface area contributed by atoms with Crippen molar-refractivity contribution in [2.75, 3.05) is 19.6 Å². The molecule has 0 bridgehead atoms. The number of amides is 1. The molecule has 3 N–H and O–H groups in total. The molecular formula is C14H26N2O3. The quantitative estimate of drug-likeness (QED) is 0.733. The number of likely N-dealkylation sites (tertiary alicyclic amines) is 1. The highest BCUT2D eigenvalue weighted by atomic mass is 16.4. The Bertz CT molecular complexity index is 299. The van der Waals surface area contributed by atoms with Gasteiger partial charge in [0.25, 0.3) is 0 Å². The number of aliphatic carboxylic acids is 1. The molecule has 0 spiro atoms. The zero-order chi connectivity index (χ0) is 14.3. The summed E-state index contributed by atoms with van der Waals surface area (Å²) in [6, 6.07) is 0. The van der Waals surface area contributed by atoms with Gasteiger partial charge in [-0.1, -0.05) is 6.92 Å². The van der Waals surface area contributed by atoms with Gasteiger partial charge in [-0.25, -0.2) is 0 Å². The van der Waals surface area contributed by atoms with Crippen molar-refractivity contribution in [2.45, 2.75) is 45.4 Å². The van der Waals surface area contributed by atoms with E-state index in [0.29, 0.717) is 12.5 Å². The smallest absolute Gasteiger partial charge is 0.303 e. The number of carbonyl (C=O) groups excluding carboxylic acids is 1. The number of rotatable bonds is 7. The third-order valence-corrected chi connectivity index (χ3v) is 3.96. The number of hydrogen-bond acceptors (Lipinski definition) is 3. The van der Waals surface area contributed by atoms with Crippen LogP contribution in [0.25, 0.3) is 0 Å². The standard InChI is InChI=1S/C14H26N2O3/c1-11(3-2-8-15)14(19)16-9-6-12(7-10-16)4-5-13(17)18/h11-12H,2-10,15H2,1H3,(H,17,18). The zero-order valence-corrected chi connectivity index (χ0v) is 11.8. The van der Waals surface area contributed by atoms with Crippen LogP contribution >= 0.6 is 0 Å². The fraction of sp³-hybridized carbons (Fsp3) is 0.857. The van der Waals surface area contributed by atoms with E-state index >= 15 is 0 Å². The average Bonchev–Trinajstić information content (AvgIpc) is 2.42. The molecule has 0 radical (unpaired) electrons. The molecule has 1 aliphatic rings. The second-order valence-electron chi connectivity index (χ2n) is 5.53. The summed E-state index contributed by atoms with van der Waals surface area (Å²) in [6.07, 6.45) is 4.59. The number of nitrogens with two attached hydrogens (primary N) is 1. The van der Waals surface area contributed by atoms with E-state index in [1.807, 2.05) is 11.8 Å². The number of nitrogens with zero attached hydrogens (tertiary/aromatic N) is 1. The summed E-state index contributed by atoms with van der Waals surface area (Å²) in [5, 5.41) is 8.66. The highest BCUT2D eigenvalue weighted by Gasteiger charge is 2.25. The highest BCUT2D eigenvalue weighted by Crippen LogP contribution is 2.23. The van der Waals surface area contributed by atoms with Crippen LogP contribution in [0.5, 0.6) is 0 Å². The van der Waals surface area contributed by atoms with Gasteiger partial charge in [0.2, 0.25) is 5.91 Å². The lowest BCUT2D eigenvalue weighted by Crippen LogP contribution is -2.41. The minimum absolute atomic E-state index is 0.0547. The molecule has 1 amide bonds. The lowest BCUT2D eigenvalue weighted by atomic mass is 9.91. The van der Waals surface area contributed by atoms with E-state index in [4.69, 9.17) is 10.8 Å². The van der Waals surface area contributed by atoms with Crippen molar-refractivity contribution in [1.29, 1.82) is 0 Å². The van der Waals surface area contributed by atoms with Crippen molar-refractivity contribution >= 4 is 11.9 Å². The maximum Gasteiger partial charge on any atom is 0.303 e. The van der Waals surface area contributed by atoms with Crippen LogP contribution in [0.1, 0.15) is 45.4 Å². The molecule has 1 atom stereocenters. The van der Waals surface area contributed by atoms with Crippen molar-refractivity contribution in [3.05, 3.63) is 0 Å². The molecule has 1 unspecified atom stereocenters. The summed E-state index contributed by atoms with van der Waals surface area (Å²) in [6.45, 7) is 4.15. The Labute approximate surface area is 115 Å². The topological polar surface area (TPSA) is 83.6 Å². The summed E-state index contributed by atoms with van der Waals surface area (Å²) in [5.41, 5.74) is 5.46. The van der Waals surface area contributed by atoms with Crippen molar-refractivity contribution in [1.82, 2.24) is 4.90 Å². The molecule has 1 fully saturated rings. The van der Waals surface area contributed by atoms with Gasteiger partial charge in [0, 0.05) is 25.4 Å². The maximum absolute atomic E-state index is 12.2. The van der Waals surface area contributed by atoms with Crippen LogP contribution in [0, 0.1) is 11.8 Å². The third kappa shape index (κ3) is 5.59. The third-order valence-electron chi connectivity index (χ3n) is 3.96. The van der Waals surface area contributed by atoms with E-state index in [0.717, 1.165) is 45.2 Å². The molecule has 0 aromatic carbocycles. The fourth-order valence-corrected chi connectivity index (χ4v) is 2.63. The number of carboxylic acids is 1. The first kappa shape index (κ1) is 16.0. The van der Waals surface area contributed by atoms with E-state index in [1.165, 1.54) is 0 Å². The molecule has 110 valence electrons. The first-order valence-corrected chi connectivity index (χ1v) is 7.25. The van der Waals surface area contributed by atoms with E-state index in [-0.39, 0.29) is 18.2 Å². The van der Waals surface area contributed by atoms with Crippen molar-refractivity contribution in [3.63, 3.8) is 0 Å². The molecule has 0 aromatic heterocycles. The van der Waals surface area contributed by atoms with Crippen LogP contribution in [-0.4, -0.2) is 41.5 Å². The molecule has 5 nitrogen and oxygen atoms in total. The predicted molar refractivity (Wildman–Crippen MR) is 73.6 cm³/mol. The number of carbonyl (C=O) groups is 2. The van der Waals surface area contributed by atoms with E-state index in [2.05, 4.69) is 0 Å². The first-order chi connectivity index (χ1) is 9.04. The zero-order valence-electron chi connectivity index (χ0n) is 11.8. The molecule has 1 aliphatic heterocycles. The summed E-state index contributed by atoms with van der Waals surface area (Å²) in [7, 11) is 0. The van der Waals surface area contributed by atoms with Crippen LogP contribution in [0.4, 0.5) is 0 Å². The SMILES string of the molecule is CC(CCCN)C(=O)N1CCC(CCC(=O)O)CC1. The average molecular weight is 270 g/mol. The van der Waals surface area contributed by atoms with E-state index in [1.54, 1.807) is 0 Å². The molecule has 0 aromatic rings.